The van der Waals surface area contributed by atoms with E-state index >= 15 is 0 Å². The highest BCUT2D eigenvalue weighted by Gasteiger charge is 2.25. The maximum Gasteiger partial charge on any atom is 0.259 e. The minimum Gasteiger partial charge on any atom is -0.339 e. The Morgan fingerprint density at radius 2 is 1.89 bits per heavy atom. The highest BCUT2D eigenvalue weighted by Crippen LogP contribution is 2.27. The molecule has 146 valence electrons. The summed E-state index contributed by atoms with van der Waals surface area (Å²) in [5.74, 6) is 0.696. The first-order valence-electron chi connectivity index (χ1n) is 8.86. The summed E-state index contributed by atoms with van der Waals surface area (Å²) < 4.78 is 5.45. The number of amides is 1. The third-order valence-corrected chi connectivity index (χ3v) is 4.96. The monoisotopic (exact) mass is 418 g/mol. The van der Waals surface area contributed by atoms with Crippen molar-refractivity contribution in [2.45, 2.75) is 18.9 Å². The molecule has 1 aliphatic heterocycles. The quantitative estimate of drug-likeness (QED) is 0.693. The summed E-state index contributed by atoms with van der Waals surface area (Å²) in [7, 11) is 0. The molecule has 1 saturated heterocycles. The summed E-state index contributed by atoms with van der Waals surface area (Å²) in [6, 6.07) is 14.7. The molecule has 0 atom stereocenters. The molecule has 0 spiro atoms. The summed E-state index contributed by atoms with van der Waals surface area (Å²) >= 11 is 6.04. The molecular formula is C20H20Cl2N4O2. The zero-order valence-corrected chi connectivity index (χ0v) is 16.6. The van der Waals surface area contributed by atoms with Gasteiger partial charge in [-0.2, -0.15) is 4.98 Å². The van der Waals surface area contributed by atoms with Crippen molar-refractivity contribution in [3.8, 4) is 22.8 Å². The van der Waals surface area contributed by atoms with Crippen LogP contribution >= 0.6 is 24.0 Å². The fourth-order valence-corrected chi connectivity index (χ4v) is 3.40. The standard InChI is InChI=1S/C20H19ClN4O2.ClH/c21-14-5-3-4-13(12-14)18-23-19(27-24-18)16-6-1-2-7-17(16)20(26)25-10-8-15(22)9-11-25;/h1-7,12,15H,8-11,22H2;1H. The lowest BCUT2D eigenvalue weighted by Gasteiger charge is -2.30. The van der Waals surface area contributed by atoms with E-state index in [4.69, 9.17) is 21.9 Å². The Kier molecular flexibility index (Phi) is 6.34. The zero-order chi connectivity index (χ0) is 18.8. The van der Waals surface area contributed by atoms with Gasteiger partial charge < -0.3 is 15.2 Å². The molecule has 0 unspecified atom stereocenters. The van der Waals surface area contributed by atoms with E-state index in [0.29, 0.717) is 41.0 Å². The van der Waals surface area contributed by atoms with Crippen LogP contribution in [-0.4, -0.2) is 40.1 Å². The van der Waals surface area contributed by atoms with E-state index in [2.05, 4.69) is 10.1 Å². The molecule has 2 aromatic carbocycles. The molecule has 8 heteroatoms. The molecule has 2 heterocycles. The first-order chi connectivity index (χ1) is 13.1. The molecule has 1 amide bonds. The smallest absolute Gasteiger partial charge is 0.259 e. The molecular weight excluding hydrogens is 399 g/mol. The zero-order valence-electron chi connectivity index (χ0n) is 15.0. The number of carbonyl (C=O) groups is 1. The van der Waals surface area contributed by atoms with Crippen LogP contribution in [0.15, 0.2) is 53.1 Å². The minimum atomic E-state index is -0.0417. The van der Waals surface area contributed by atoms with Crippen LogP contribution in [0.5, 0.6) is 0 Å². The van der Waals surface area contributed by atoms with Gasteiger partial charge in [0.25, 0.3) is 11.8 Å². The minimum absolute atomic E-state index is 0. The van der Waals surface area contributed by atoms with Crippen LogP contribution in [0, 0.1) is 0 Å². The molecule has 6 nitrogen and oxygen atoms in total. The van der Waals surface area contributed by atoms with Crippen LogP contribution in [0.1, 0.15) is 23.2 Å². The second-order valence-corrected chi connectivity index (χ2v) is 7.05. The first kappa shape index (κ1) is 20.3. The second-order valence-electron chi connectivity index (χ2n) is 6.61. The van der Waals surface area contributed by atoms with Gasteiger partial charge in [0.2, 0.25) is 5.82 Å². The average molecular weight is 419 g/mol. The fourth-order valence-electron chi connectivity index (χ4n) is 3.21. The predicted octanol–water partition coefficient (Wildman–Crippen LogP) is 4.04. The summed E-state index contributed by atoms with van der Waals surface area (Å²) in [6.07, 6.45) is 1.63. The molecule has 4 rings (SSSR count). The average Bonchev–Trinajstić information content (AvgIpc) is 3.18. The fraction of sp³-hybridized carbons (Fsp3) is 0.250. The molecule has 0 bridgehead atoms. The molecule has 3 aromatic rings. The predicted molar refractivity (Wildman–Crippen MR) is 111 cm³/mol. The SMILES string of the molecule is Cl.NC1CCN(C(=O)c2ccccc2-c2nc(-c3cccc(Cl)c3)no2)CC1. The number of likely N-dealkylation sites (tertiary alicyclic amines) is 1. The van der Waals surface area contributed by atoms with E-state index in [0.717, 1.165) is 18.4 Å². The highest BCUT2D eigenvalue weighted by molar-refractivity contribution is 6.30. The van der Waals surface area contributed by atoms with Gasteiger partial charge in [0, 0.05) is 29.7 Å². The third kappa shape index (κ3) is 4.19. The van der Waals surface area contributed by atoms with Crippen molar-refractivity contribution >= 4 is 29.9 Å². The van der Waals surface area contributed by atoms with Crippen LogP contribution in [0.25, 0.3) is 22.8 Å². The van der Waals surface area contributed by atoms with Gasteiger partial charge in [-0.3, -0.25) is 4.79 Å². The first-order valence-corrected chi connectivity index (χ1v) is 9.23. The molecule has 0 saturated carbocycles. The van der Waals surface area contributed by atoms with Crippen molar-refractivity contribution < 1.29 is 9.32 Å². The van der Waals surface area contributed by atoms with Gasteiger partial charge in [0.05, 0.1) is 11.1 Å². The molecule has 1 aromatic heterocycles. The van der Waals surface area contributed by atoms with Crippen molar-refractivity contribution in [3.63, 3.8) is 0 Å². The molecule has 28 heavy (non-hydrogen) atoms. The number of hydrogen-bond donors (Lipinski definition) is 1. The van der Waals surface area contributed by atoms with Gasteiger partial charge >= 0.3 is 0 Å². The molecule has 0 radical (unpaired) electrons. The number of rotatable bonds is 3. The van der Waals surface area contributed by atoms with Crippen LogP contribution in [0.3, 0.4) is 0 Å². The van der Waals surface area contributed by atoms with Crippen LogP contribution in [-0.2, 0) is 0 Å². The van der Waals surface area contributed by atoms with E-state index in [9.17, 15) is 4.79 Å². The van der Waals surface area contributed by atoms with Gasteiger partial charge in [-0.1, -0.05) is 41.0 Å². The second kappa shape index (κ2) is 8.73. The van der Waals surface area contributed by atoms with Crippen LogP contribution in [0.4, 0.5) is 0 Å². The van der Waals surface area contributed by atoms with Crippen molar-refractivity contribution in [3.05, 3.63) is 59.1 Å². The van der Waals surface area contributed by atoms with E-state index in [1.165, 1.54) is 0 Å². The number of carbonyl (C=O) groups excluding carboxylic acids is 1. The van der Waals surface area contributed by atoms with E-state index in [-0.39, 0.29) is 24.4 Å². The highest BCUT2D eigenvalue weighted by atomic mass is 35.5. The Bertz CT molecular complexity index is 968. The maximum absolute atomic E-state index is 13.0. The number of nitrogens with zero attached hydrogens (tertiary/aromatic N) is 3. The Morgan fingerprint density at radius 1 is 1.14 bits per heavy atom. The Morgan fingerprint density at radius 3 is 2.64 bits per heavy atom. The number of aromatic nitrogens is 2. The third-order valence-electron chi connectivity index (χ3n) is 4.72. The molecule has 2 N–H and O–H groups in total. The Hall–Kier alpha value is -2.41. The maximum atomic E-state index is 13.0. The summed E-state index contributed by atoms with van der Waals surface area (Å²) in [4.78, 5) is 19.3. The van der Waals surface area contributed by atoms with Crippen LogP contribution < -0.4 is 5.73 Å². The van der Waals surface area contributed by atoms with Gasteiger partial charge in [0.15, 0.2) is 0 Å². The summed E-state index contributed by atoms with van der Waals surface area (Å²) in [5, 5.41) is 4.64. The Balaban J connectivity index is 0.00000225. The van der Waals surface area contributed by atoms with Gasteiger partial charge in [0.1, 0.15) is 0 Å². The largest absolute Gasteiger partial charge is 0.339 e. The number of hydrogen-bond acceptors (Lipinski definition) is 5. The number of halogens is 2. The van der Waals surface area contributed by atoms with Crippen molar-refractivity contribution in [1.29, 1.82) is 0 Å². The van der Waals surface area contributed by atoms with E-state index in [1.807, 2.05) is 35.2 Å². The molecule has 1 aliphatic rings. The lowest BCUT2D eigenvalue weighted by atomic mass is 10.0. The summed E-state index contributed by atoms with van der Waals surface area (Å²) in [5.41, 5.74) is 7.87. The van der Waals surface area contributed by atoms with Gasteiger partial charge in [-0.05, 0) is 37.1 Å². The number of nitrogens with two attached hydrogens (primary N) is 1. The van der Waals surface area contributed by atoms with Crippen molar-refractivity contribution in [2.75, 3.05) is 13.1 Å². The van der Waals surface area contributed by atoms with Gasteiger partial charge in [-0.15, -0.1) is 12.4 Å². The summed E-state index contributed by atoms with van der Waals surface area (Å²) in [6.45, 7) is 1.32. The van der Waals surface area contributed by atoms with Crippen LogP contribution in [0.2, 0.25) is 5.02 Å². The lowest BCUT2D eigenvalue weighted by Crippen LogP contribution is -2.43. The molecule has 0 aliphatic carbocycles. The topological polar surface area (TPSA) is 85.2 Å². The number of piperidine rings is 1. The van der Waals surface area contributed by atoms with Crippen molar-refractivity contribution in [2.24, 2.45) is 5.73 Å². The van der Waals surface area contributed by atoms with Gasteiger partial charge in [-0.25, -0.2) is 0 Å². The molecule has 1 fully saturated rings. The van der Waals surface area contributed by atoms with E-state index < -0.39 is 0 Å². The lowest BCUT2D eigenvalue weighted by molar-refractivity contribution is 0.0715. The Labute approximate surface area is 174 Å². The van der Waals surface area contributed by atoms with Crippen molar-refractivity contribution in [1.82, 2.24) is 15.0 Å². The van der Waals surface area contributed by atoms with E-state index in [1.54, 1.807) is 18.2 Å². The number of benzene rings is 2. The normalized spacial score (nSPS) is 14.6.